The van der Waals surface area contributed by atoms with Crippen LogP contribution >= 0.6 is 15.9 Å². The zero-order chi connectivity index (χ0) is 19.7. The van der Waals surface area contributed by atoms with Crippen molar-refractivity contribution in [3.8, 4) is 11.4 Å². The highest BCUT2D eigenvalue weighted by molar-refractivity contribution is 9.10. The molecule has 28 heavy (non-hydrogen) atoms. The van der Waals surface area contributed by atoms with Crippen LogP contribution in [0.15, 0.2) is 59.1 Å². The normalized spacial score (nSPS) is 13.1. The Labute approximate surface area is 169 Å². The summed E-state index contributed by atoms with van der Waals surface area (Å²) in [5.41, 5.74) is 2.05. The van der Waals surface area contributed by atoms with Crippen LogP contribution in [0.1, 0.15) is 21.7 Å². The highest BCUT2D eigenvalue weighted by Crippen LogP contribution is 2.27. The molecule has 1 amide bonds. The van der Waals surface area contributed by atoms with Crippen LogP contribution in [-0.2, 0) is 13.0 Å². The van der Waals surface area contributed by atoms with Crippen LogP contribution in [-0.4, -0.2) is 38.4 Å². The van der Waals surface area contributed by atoms with Crippen molar-refractivity contribution in [3.63, 3.8) is 0 Å². The number of rotatable bonds is 3. The molecule has 3 aromatic rings. The fourth-order valence-electron chi connectivity index (χ4n) is 3.20. The summed E-state index contributed by atoms with van der Waals surface area (Å²) in [7, 11) is 0. The molecule has 0 fully saturated rings. The number of halogens is 1. The maximum Gasteiger partial charge on any atom is 0.415 e. The SMILES string of the molecule is O=C(O)c1nn(-c2ccc(Br)cc2)c2c1CN(C(=O)Oc1ccccc1)CC2. The van der Waals surface area contributed by atoms with E-state index in [0.29, 0.717) is 24.3 Å². The smallest absolute Gasteiger partial charge is 0.415 e. The zero-order valence-electron chi connectivity index (χ0n) is 14.7. The molecule has 8 heteroatoms. The number of amides is 1. The summed E-state index contributed by atoms with van der Waals surface area (Å²) in [4.78, 5) is 25.7. The maximum absolute atomic E-state index is 12.5. The number of para-hydroxylation sites is 1. The highest BCUT2D eigenvalue weighted by Gasteiger charge is 2.31. The number of hydrogen-bond acceptors (Lipinski definition) is 4. The third kappa shape index (κ3) is 3.50. The summed E-state index contributed by atoms with van der Waals surface area (Å²) < 4.78 is 7.95. The first-order chi connectivity index (χ1) is 13.5. The lowest BCUT2D eigenvalue weighted by atomic mass is 10.1. The Morgan fingerprint density at radius 3 is 2.46 bits per heavy atom. The molecule has 4 rings (SSSR count). The van der Waals surface area contributed by atoms with E-state index < -0.39 is 12.1 Å². The van der Waals surface area contributed by atoms with Crippen molar-refractivity contribution >= 4 is 28.0 Å². The molecular formula is C20H16BrN3O4. The first-order valence-electron chi connectivity index (χ1n) is 8.65. The zero-order valence-corrected chi connectivity index (χ0v) is 16.3. The predicted octanol–water partition coefficient (Wildman–Crippen LogP) is 3.89. The lowest BCUT2D eigenvalue weighted by molar-refractivity contribution is 0.0686. The Morgan fingerprint density at radius 1 is 1.07 bits per heavy atom. The molecule has 1 N–H and O–H groups in total. The van der Waals surface area contributed by atoms with E-state index in [0.717, 1.165) is 15.9 Å². The van der Waals surface area contributed by atoms with Crippen molar-refractivity contribution in [1.82, 2.24) is 14.7 Å². The van der Waals surface area contributed by atoms with Gasteiger partial charge < -0.3 is 14.7 Å². The number of nitrogens with zero attached hydrogens (tertiary/aromatic N) is 3. The molecule has 0 radical (unpaired) electrons. The molecule has 0 saturated heterocycles. The molecule has 0 spiro atoms. The molecule has 1 aliphatic rings. The van der Waals surface area contributed by atoms with Crippen molar-refractivity contribution in [2.24, 2.45) is 0 Å². The monoisotopic (exact) mass is 441 g/mol. The topological polar surface area (TPSA) is 84.7 Å². The molecule has 7 nitrogen and oxygen atoms in total. The van der Waals surface area contributed by atoms with Crippen molar-refractivity contribution < 1.29 is 19.4 Å². The number of carboxylic acids is 1. The minimum absolute atomic E-state index is 0.0462. The fraction of sp³-hybridized carbons (Fsp3) is 0.150. The van der Waals surface area contributed by atoms with Gasteiger partial charge in [-0.15, -0.1) is 0 Å². The standard InChI is InChI=1S/C20H16BrN3O4/c21-13-6-8-14(9-7-13)24-17-10-11-23(12-16(17)18(22-24)19(25)26)20(27)28-15-4-2-1-3-5-15/h1-9H,10-12H2,(H,25,26). The Morgan fingerprint density at radius 2 is 1.79 bits per heavy atom. The predicted molar refractivity (Wildman–Crippen MR) is 105 cm³/mol. The number of benzene rings is 2. The van der Waals surface area contributed by atoms with Crippen molar-refractivity contribution in [2.75, 3.05) is 6.54 Å². The third-order valence-electron chi connectivity index (χ3n) is 4.54. The Kier molecular flexibility index (Phi) is 4.87. The van der Waals surface area contributed by atoms with Crippen LogP contribution in [0.4, 0.5) is 4.79 Å². The number of carboxylic acid groups (broad SMARTS) is 1. The number of aromatic carboxylic acids is 1. The van der Waals surface area contributed by atoms with Crippen molar-refractivity contribution in [3.05, 3.63) is 76.0 Å². The first-order valence-corrected chi connectivity index (χ1v) is 9.44. The largest absolute Gasteiger partial charge is 0.476 e. The molecule has 0 atom stereocenters. The molecule has 0 unspecified atom stereocenters. The molecule has 1 aromatic heterocycles. The quantitative estimate of drug-likeness (QED) is 0.666. The summed E-state index contributed by atoms with van der Waals surface area (Å²) >= 11 is 3.39. The summed E-state index contributed by atoms with van der Waals surface area (Å²) in [6.45, 7) is 0.555. The van der Waals surface area contributed by atoms with E-state index in [1.54, 1.807) is 28.9 Å². The van der Waals surface area contributed by atoms with Gasteiger partial charge in [0.05, 0.1) is 17.9 Å². The van der Waals surface area contributed by atoms with E-state index in [-0.39, 0.29) is 12.2 Å². The van der Waals surface area contributed by atoms with E-state index in [4.69, 9.17) is 4.74 Å². The van der Waals surface area contributed by atoms with Gasteiger partial charge in [0.25, 0.3) is 0 Å². The minimum Gasteiger partial charge on any atom is -0.476 e. The Bertz CT molecular complexity index is 1030. The van der Waals surface area contributed by atoms with Gasteiger partial charge in [-0.2, -0.15) is 5.10 Å². The molecule has 0 aliphatic carbocycles. The van der Waals surface area contributed by atoms with Gasteiger partial charge in [-0.05, 0) is 36.4 Å². The molecular weight excluding hydrogens is 426 g/mol. The summed E-state index contributed by atoms with van der Waals surface area (Å²) in [5.74, 6) is -0.673. The van der Waals surface area contributed by atoms with Crippen LogP contribution < -0.4 is 4.74 Å². The van der Waals surface area contributed by atoms with Gasteiger partial charge in [0, 0.05) is 23.0 Å². The lowest BCUT2D eigenvalue weighted by Crippen LogP contribution is -2.38. The second-order valence-corrected chi connectivity index (χ2v) is 7.24. The van der Waals surface area contributed by atoms with Crippen LogP contribution in [0.5, 0.6) is 5.75 Å². The van der Waals surface area contributed by atoms with Gasteiger partial charge in [0.1, 0.15) is 5.75 Å². The number of fused-ring (bicyclic) bond motifs is 1. The van der Waals surface area contributed by atoms with Gasteiger partial charge in [-0.3, -0.25) is 0 Å². The summed E-state index contributed by atoms with van der Waals surface area (Å²) in [6, 6.07) is 16.2. The van der Waals surface area contributed by atoms with Gasteiger partial charge in [-0.25, -0.2) is 14.3 Å². The summed E-state index contributed by atoms with van der Waals surface area (Å²) in [5, 5.41) is 13.9. The van der Waals surface area contributed by atoms with E-state index in [9.17, 15) is 14.7 Å². The number of ether oxygens (including phenoxy) is 1. The first kappa shape index (κ1) is 18.2. The molecule has 142 valence electrons. The molecule has 0 saturated carbocycles. The van der Waals surface area contributed by atoms with Crippen LogP contribution in [0, 0.1) is 0 Å². The molecule has 2 aromatic carbocycles. The van der Waals surface area contributed by atoms with Crippen molar-refractivity contribution in [2.45, 2.75) is 13.0 Å². The Balaban J connectivity index is 1.63. The number of carbonyl (C=O) groups is 2. The van der Waals surface area contributed by atoms with Crippen LogP contribution in [0.3, 0.4) is 0 Å². The second-order valence-electron chi connectivity index (χ2n) is 6.32. The average molecular weight is 442 g/mol. The highest BCUT2D eigenvalue weighted by atomic mass is 79.9. The van der Waals surface area contributed by atoms with Gasteiger partial charge in [-0.1, -0.05) is 34.1 Å². The third-order valence-corrected chi connectivity index (χ3v) is 5.07. The molecule has 1 aliphatic heterocycles. The molecule has 0 bridgehead atoms. The van der Waals surface area contributed by atoms with Gasteiger partial charge in [0.2, 0.25) is 0 Å². The number of aromatic nitrogens is 2. The van der Waals surface area contributed by atoms with E-state index in [1.165, 1.54) is 4.90 Å². The average Bonchev–Trinajstić information content (AvgIpc) is 3.08. The lowest BCUT2D eigenvalue weighted by Gasteiger charge is -2.26. The van der Waals surface area contributed by atoms with Crippen LogP contribution in [0.25, 0.3) is 5.69 Å². The maximum atomic E-state index is 12.5. The number of hydrogen-bond donors (Lipinski definition) is 1. The second kappa shape index (κ2) is 7.47. The number of carbonyl (C=O) groups excluding carboxylic acids is 1. The van der Waals surface area contributed by atoms with Gasteiger partial charge >= 0.3 is 12.1 Å². The Hall–Kier alpha value is -3.13. The van der Waals surface area contributed by atoms with E-state index in [2.05, 4.69) is 21.0 Å². The van der Waals surface area contributed by atoms with E-state index >= 15 is 0 Å². The van der Waals surface area contributed by atoms with Crippen molar-refractivity contribution in [1.29, 1.82) is 0 Å². The minimum atomic E-state index is -1.12. The van der Waals surface area contributed by atoms with E-state index in [1.807, 2.05) is 30.3 Å². The van der Waals surface area contributed by atoms with Gasteiger partial charge in [0.15, 0.2) is 5.69 Å². The molecule has 2 heterocycles. The van der Waals surface area contributed by atoms with Crippen LogP contribution in [0.2, 0.25) is 0 Å². The fourth-order valence-corrected chi connectivity index (χ4v) is 3.46. The summed E-state index contributed by atoms with van der Waals surface area (Å²) in [6.07, 6.45) is -0.0279.